The number of fused-ring (bicyclic) bond motifs is 1. The van der Waals surface area contributed by atoms with E-state index >= 15 is 0 Å². The van der Waals surface area contributed by atoms with Gasteiger partial charge in [0.2, 0.25) is 5.91 Å². The van der Waals surface area contributed by atoms with E-state index in [1.807, 2.05) is 92.7 Å². The monoisotopic (exact) mass is 465 g/mol. The van der Waals surface area contributed by atoms with Crippen molar-refractivity contribution >= 4 is 28.8 Å². The number of benzene rings is 3. The molecule has 178 valence electrons. The van der Waals surface area contributed by atoms with Gasteiger partial charge in [-0.2, -0.15) is 0 Å². The van der Waals surface area contributed by atoms with Crippen LogP contribution in [0, 0.1) is 12.8 Å². The summed E-state index contributed by atoms with van der Waals surface area (Å²) in [6.45, 7) is 3.00. The van der Waals surface area contributed by atoms with E-state index in [0.717, 1.165) is 64.7 Å². The average Bonchev–Trinajstić information content (AvgIpc) is 3.29. The Labute approximate surface area is 208 Å². The molecule has 35 heavy (non-hydrogen) atoms. The second-order valence-corrected chi connectivity index (χ2v) is 9.30. The Morgan fingerprint density at radius 3 is 2.60 bits per heavy atom. The summed E-state index contributed by atoms with van der Waals surface area (Å²) in [4.78, 5) is 19.8. The van der Waals surface area contributed by atoms with Crippen LogP contribution in [0.25, 0.3) is 28.3 Å². The molecule has 5 rings (SSSR count). The summed E-state index contributed by atoms with van der Waals surface area (Å²) >= 11 is 0. The maximum absolute atomic E-state index is 13.8. The number of allylic oxidation sites excluding steroid dienone is 1. The van der Waals surface area contributed by atoms with Crippen LogP contribution in [0.1, 0.15) is 57.4 Å². The molecule has 1 fully saturated rings. The number of hydrogen-bond donors (Lipinski definition) is 0. The zero-order valence-corrected chi connectivity index (χ0v) is 20.4. The number of carbonyl (C=O) groups excluding carboxylic acids is 1. The van der Waals surface area contributed by atoms with Crippen LogP contribution in [-0.4, -0.2) is 10.9 Å². The highest BCUT2D eigenvalue weighted by atomic mass is 16.3. The van der Waals surface area contributed by atoms with E-state index in [-0.39, 0.29) is 11.8 Å². The maximum Gasteiger partial charge on any atom is 0.230 e. The summed E-state index contributed by atoms with van der Waals surface area (Å²) in [6.07, 6.45) is 9.16. The average molecular weight is 466 g/mol. The van der Waals surface area contributed by atoms with Crippen molar-refractivity contribution in [1.29, 1.82) is 0 Å². The molecule has 1 unspecified atom stereocenters. The minimum absolute atomic E-state index is 0.0201. The largest absolute Gasteiger partial charge is 0.441 e. The summed E-state index contributed by atoms with van der Waals surface area (Å²) in [5.41, 5.74) is 6.25. The van der Waals surface area contributed by atoms with Crippen molar-refractivity contribution in [3.63, 3.8) is 0 Å². The van der Waals surface area contributed by atoms with E-state index in [1.165, 1.54) is 6.42 Å². The van der Waals surface area contributed by atoms with Gasteiger partial charge in [0.25, 0.3) is 0 Å². The molecule has 1 amide bonds. The van der Waals surface area contributed by atoms with Crippen LogP contribution in [0.4, 0.5) is 5.69 Å². The van der Waals surface area contributed by atoms with E-state index in [9.17, 15) is 6.17 Å². The minimum Gasteiger partial charge on any atom is -0.441 e. The van der Waals surface area contributed by atoms with Crippen molar-refractivity contribution in [2.75, 3.05) is 4.90 Å². The summed E-state index contributed by atoms with van der Waals surface area (Å²) in [5.74, 6) is 0.687. The summed E-state index contributed by atoms with van der Waals surface area (Å²) in [7, 11) is 0. The maximum atomic E-state index is 13.8. The smallest absolute Gasteiger partial charge is 0.230 e. The molecule has 1 heterocycles. The second-order valence-electron chi connectivity index (χ2n) is 9.30. The Hall–Kier alpha value is -3.66. The number of aryl methyl sites for hydroxylation is 1. The predicted molar refractivity (Wildman–Crippen MR) is 143 cm³/mol. The molecule has 0 bridgehead atoms. The van der Waals surface area contributed by atoms with Gasteiger partial charge in [0.15, 0.2) is 11.5 Å². The molecule has 1 saturated carbocycles. The molecule has 0 radical (unpaired) electrons. The Morgan fingerprint density at radius 2 is 1.83 bits per heavy atom. The first kappa shape index (κ1) is 21.8. The van der Waals surface area contributed by atoms with E-state index < -0.39 is 6.52 Å². The number of carbonyl (C=O) groups is 1. The molecule has 1 aliphatic carbocycles. The van der Waals surface area contributed by atoms with Crippen LogP contribution >= 0.6 is 0 Å². The number of oxazole rings is 1. The molecule has 0 N–H and O–H groups in total. The van der Waals surface area contributed by atoms with Gasteiger partial charge in [-0.3, -0.25) is 4.79 Å². The summed E-state index contributed by atoms with van der Waals surface area (Å²) in [6, 6.07) is 21.9. The zero-order chi connectivity index (χ0) is 25.1. The number of anilines is 1. The number of amides is 1. The highest BCUT2D eigenvalue weighted by molar-refractivity contribution is 5.95. The molecule has 4 heteroatoms. The molecule has 4 aromatic rings. The van der Waals surface area contributed by atoms with Crippen LogP contribution < -0.4 is 4.90 Å². The molecule has 0 saturated heterocycles. The fourth-order valence-electron chi connectivity index (χ4n) is 4.91. The van der Waals surface area contributed by atoms with Crippen LogP contribution in [-0.2, 0) is 11.3 Å². The van der Waals surface area contributed by atoms with Gasteiger partial charge in [-0.15, -0.1) is 0 Å². The van der Waals surface area contributed by atoms with Crippen LogP contribution in [0.5, 0.6) is 0 Å². The lowest BCUT2D eigenvalue weighted by molar-refractivity contribution is -0.123. The van der Waals surface area contributed by atoms with Gasteiger partial charge in [0.1, 0.15) is 5.52 Å². The van der Waals surface area contributed by atoms with E-state index in [0.29, 0.717) is 5.89 Å². The van der Waals surface area contributed by atoms with Crippen LogP contribution in [0.2, 0.25) is 0 Å². The lowest BCUT2D eigenvalue weighted by atomic mass is 9.88. The van der Waals surface area contributed by atoms with Gasteiger partial charge < -0.3 is 9.32 Å². The Bertz CT molecular complexity index is 1380. The van der Waals surface area contributed by atoms with Crippen molar-refractivity contribution in [1.82, 2.24) is 4.98 Å². The topological polar surface area (TPSA) is 46.3 Å². The van der Waals surface area contributed by atoms with Crippen molar-refractivity contribution in [2.24, 2.45) is 5.92 Å². The third-order valence-electron chi connectivity index (χ3n) is 6.72. The molecular formula is C31H32N2O2. The molecule has 1 aromatic heterocycles. The van der Waals surface area contributed by atoms with Gasteiger partial charge in [0, 0.05) is 18.5 Å². The summed E-state index contributed by atoms with van der Waals surface area (Å²) < 4.78 is 14.9. The molecule has 0 spiro atoms. The van der Waals surface area contributed by atoms with E-state index in [1.54, 1.807) is 4.90 Å². The van der Waals surface area contributed by atoms with Crippen molar-refractivity contribution in [2.45, 2.75) is 52.5 Å². The van der Waals surface area contributed by atoms with Crippen LogP contribution in [0.3, 0.4) is 0 Å². The number of rotatable bonds is 6. The summed E-state index contributed by atoms with van der Waals surface area (Å²) in [5, 5.41) is 0. The molecule has 0 aliphatic heterocycles. The normalized spacial score (nSPS) is 15.9. The highest BCUT2D eigenvalue weighted by Gasteiger charge is 2.27. The quantitative estimate of drug-likeness (QED) is 0.290. The lowest BCUT2D eigenvalue weighted by Gasteiger charge is -2.30. The molecule has 1 atom stereocenters. The minimum atomic E-state index is -0.825. The molecule has 3 aromatic carbocycles. The predicted octanol–water partition coefficient (Wildman–Crippen LogP) is 7.95. The second kappa shape index (κ2) is 10.3. The number of hydrogen-bond acceptors (Lipinski definition) is 3. The zero-order valence-electron chi connectivity index (χ0n) is 21.4. The lowest BCUT2D eigenvalue weighted by Crippen LogP contribution is -2.36. The standard InChI is InChI=1S/C31H32N2O2/c1-3-8-23-9-7-12-28(19-23)33(31(34)26-10-5-4-6-11-26)21-24-13-15-25(16-14-24)27-17-18-29-30(20-27)35-22(2)32-29/h3,7-9,12-20,26H,4-6,10-11,21H2,1-2H3/b8-3+/i21D. The fourth-order valence-corrected chi connectivity index (χ4v) is 4.91. The number of aromatic nitrogens is 1. The Morgan fingerprint density at radius 1 is 1.06 bits per heavy atom. The Kier molecular flexibility index (Phi) is 6.43. The van der Waals surface area contributed by atoms with Gasteiger partial charge >= 0.3 is 0 Å². The number of nitrogens with zero attached hydrogens (tertiary/aromatic N) is 2. The van der Waals surface area contributed by atoms with E-state index in [2.05, 4.69) is 4.98 Å². The van der Waals surface area contributed by atoms with Crippen molar-refractivity contribution in [3.05, 3.63) is 89.8 Å². The molecule has 1 aliphatic rings. The third kappa shape index (κ3) is 5.22. The van der Waals surface area contributed by atoms with Crippen LogP contribution in [0.15, 0.2) is 77.2 Å². The first-order valence-electron chi connectivity index (χ1n) is 13.1. The third-order valence-corrected chi connectivity index (χ3v) is 6.72. The van der Waals surface area contributed by atoms with Gasteiger partial charge in [-0.1, -0.05) is 73.9 Å². The first-order chi connectivity index (χ1) is 17.5. The van der Waals surface area contributed by atoms with Gasteiger partial charge in [-0.25, -0.2) is 4.98 Å². The molecular weight excluding hydrogens is 432 g/mol. The highest BCUT2D eigenvalue weighted by Crippen LogP contribution is 2.30. The van der Waals surface area contributed by atoms with Gasteiger partial charge in [-0.05, 0) is 66.3 Å². The SMILES string of the molecule is [2H]C(c1ccc(-c2ccc3nc(C)oc3c2)cc1)N(C(=O)C1CCCCC1)c1cccc(/C=C/C)c1. The fraction of sp³-hybridized carbons (Fsp3) is 0.290. The first-order valence-corrected chi connectivity index (χ1v) is 12.5. The van der Waals surface area contributed by atoms with Gasteiger partial charge in [0.05, 0.1) is 7.89 Å². The van der Waals surface area contributed by atoms with E-state index in [4.69, 9.17) is 4.42 Å². The van der Waals surface area contributed by atoms with Crippen molar-refractivity contribution in [3.8, 4) is 11.1 Å². The van der Waals surface area contributed by atoms with Crippen molar-refractivity contribution < 1.29 is 10.6 Å². The Balaban J connectivity index is 1.46. The molecule has 4 nitrogen and oxygen atoms in total.